The maximum atomic E-state index is 13.1. The fourth-order valence-electron chi connectivity index (χ4n) is 1.66. The van der Waals surface area contributed by atoms with Crippen molar-refractivity contribution in [3.05, 3.63) is 39.8 Å². The van der Waals surface area contributed by atoms with E-state index in [1.807, 2.05) is 13.8 Å². The van der Waals surface area contributed by atoms with E-state index in [0.717, 1.165) is 5.69 Å². The molecule has 1 aromatic heterocycles. The number of nitrogens with zero attached hydrogens (tertiary/aromatic N) is 2. The Morgan fingerprint density at radius 2 is 1.80 bits per heavy atom. The van der Waals surface area contributed by atoms with Crippen LogP contribution in [0.2, 0.25) is 10.0 Å². The number of rotatable bonds is 4. The molecular weight excluding hydrogens is 302 g/mol. The third kappa shape index (κ3) is 3.49. The average molecular weight is 315 g/mol. The average Bonchev–Trinajstić information content (AvgIpc) is 2.33. The predicted molar refractivity (Wildman–Crippen MR) is 80.6 cm³/mol. The molecule has 0 aliphatic heterocycles. The zero-order valence-corrected chi connectivity index (χ0v) is 12.5. The molecule has 0 spiro atoms. The lowest BCUT2D eigenvalue weighted by Crippen LogP contribution is -2.05. The summed E-state index contributed by atoms with van der Waals surface area (Å²) < 4.78 is 13.1. The van der Waals surface area contributed by atoms with E-state index >= 15 is 0 Å². The molecule has 2 aromatic rings. The van der Waals surface area contributed by atoms with Crippen molar-refractivity contribution in [1.82, 2.24) is 9.97 Å². The van der Waals surface area contributed by atoms with Crippen LogP contribution in [0.3, 0.4) is 0 Å². The first-order chi connectivity index (χ1) is 9.49. The smallest absolute Gasteiger partial charge is 0.224 e. The van der Waals surface area contributed by atoms with Crippen LogP contribution in [-0.4, -0.2) is 16.5 Å². The fraction of sp³-hybridized carbons (Fsp3) is 0.231. The minimum absolute atomic E-state index is 0.191. The van der Waals surface area contributed by atoms with Crippen LogP contribution < -0.4 is 10.6 Å². The lowest BCUT2D eigenvalue weighted by Gasteiger charge is -2.11. The van der Waals surface area contributed by atoms with Crippen LogP contribution in [0.1, 0.15) is 12.6 Å². The molecule has 106 valence electrons. The highest BCUT2D eigenvalue weighted by Gasteiger charge is 2.10. The molecule has 0 aliphatic rings. The molecule has 1 heterocycles. The van der Waals surface area contributed by atoms with Crippen LogP contribution in [-0.2, 0) is 0 Å². The molecule has 0 aliphatic carbocycles. The summed E-state index contributed by atoms with van der Waals surface area (Å²) in [6, 6.07) is 4.13. The predicted octanol–water partition coefficient (Wildman–Crippen LogP) is 4.41. The molecule has 0 saturated heterocycles. The Bertz CT molecular complexity index is 611. The van der Waals surface area contributed by atoms with Crippen LogP contribution in [0.15, 0.2) is 18.2 Å². The number of hydrogen-bond acceptors (Lipinski definition) is 4. The van der Waals surface area contributed by atoms with Crippen molar-refractivity contribution in [2.75, 3.05) is 17.2 Å². The topological polar surface area (TPSA) is 49.8 Å². The van der Waals surface area contributed by atoms with Gasteiger partial charge in [0.05, 0.1) is 15.7 Å². The van der Waals surface area contributed by atoms with Gasteiger partial charge in [-0.05, 0) is 26.0 Å². The Morgan fingerprint density at radius 3 is 2.40 bits per heavy atom. The van der Waals surface area contributed by atoms with Crippen molar-refractivity contribution in [2.45, 2.75) is 13.8 Å². The van der Waals surface area contributed by atoms with Crippen molar-refractivity contribution in [2.24, 2.45) is 0 Å². The lowest BCUT2D eigenvalue weighted by molar-refractivity contribution is 0.628. The van der Waals surface area contributed by atoms with Gasteiger partial charge in [-0.3, -0.25) is 0 Å². The van der Waals surface area contributed by atoms with Crippen molar-refractivity contribution < 1.29 is 4.39 Å². The second-order valence-corrected chi connectivity index (χ2v) is 4.93. The molecule has 0 saturated carbocycles. The highest BCUT2D eigenvalue weighted by molar-refractivity contribution is 6.39. The minimum Gasteiger partial charge on any atom is -0.354 e. The van der Waals surface area contributed by atoms with E-state index in [1.165, 1.54) is 12.1 Å². The van der Waals surface area contributed by atoms with Crippen molar-refractivity contribution in [3.63, 3.8) is 0 Å². The monoisotopic (exact) mass is 314 g/mol. The van der Waals surface area contributed by atoms with Gasteiger partial charge in [-0.2, -0.15) is 4.98 Å². The molecule has 0 atom stereocenters. The molecule has 7 heteroatoms. The summed E-state index contributed by atoms with van der Waals surface area (Å²) in [5, 5.41) is 6.39. The van der Waals surface area contributed by atoms with Gasteiger partial charge in [0.25, 0.3) is 0 Å². The summed E-state index contributed by atoms with van der Waals surface area (Å²) in [4.78, 5) is 8.51. The van der Waals surface area contributed by atoms with Gasteiger partial charge in [0.2, 0.25) is 5.95 Å². The van der Waals surface area contributed by atoms with Crippen molar-refractivity contribution in [1.29, 1.82) is 0 Å². The first-order valence-corrected chi connectivity index (χ1v) is 6.76. The Hall–Kier alpha value is -1.59. The summed E-state index contributed by atoms with van der Waals surface area (Å²) >= 11 is 12.0. The van der Waals surface area contributed by atoms with Gasteiger partial charge >= 0.3 is 0 Å². The number of halogens is 3. The van der Waals surface area contributed by atoms with Gasteiger partial charge in [0.1, 0.15) is 11.6 Å². The lowest BCUT2D eigenvalue weighted by atomic mass is 10.3. The van der Waals surface area contributed by atoms with E-state index in [9.17, 15) is 4.39 Å². The molecule has 0 bridgehead atoms. The van der Waals surface area contributed by atoms with Crippen molar-refractivity contribution >= 4 is 40.7 Å². The van der Waals surface area contributed by atoms with E-state index in [4.69, 9.17) is 23.2 Å². The van der Waals surface area contributed by atoms with Crippen LogP contribution >= 0.6 is 23.2 Å². The maximum absolute atomic E-state index is 13.1. The first kappa shape index (κ1) is 14.8. The van der Waals surface area contributed by atoms with E-state index in [1.54, 1.807) is 6.07 Å². The number of benzene rings is 1. The highest BCUT2D eigenvalue weighted by Crippen LogP contribution is 2.33. The molecule has 4 nitrogen and oxygen atoms in total. The van der Waals surface area contributed by atoms with E-state index in [-0.39, 0.29) is 10.0 Å². The van der Waals surface area contributed by atoms with Gasteiger partial charge in [-0.1, -0.05) is 23.2 Å². The zero-order chi connectivity index (χ0) is 14.7. The first-order valence-electron chi connectivity index (χ1n) is 6.00. The van der Waals surface area contributed by atoms with Gasteiger partial charge in [-0.25, -0.2) is 9.37 Å². The van der Waals surface area contributed by atoms with Crippen molar-refractivity contribution in [3.8, 4) is 0 Å². The standard InChI is InChI=1S/C13H13Cl2FN4/c1-3-17-13-18-7(2)4-11(20-13)19-12-9(14)5-8(16)6-10(12)15/h4-6H,3H2,1-2H3,(H2,17,18,19,20). The van der Waals surface area contributed by atoms with E-state index in [0.29, 0.717) is 24.0 Å². The Labute approximate surface area is 126 Å². The number of aryl methyl sites for hydroxylation is 1. The Morgan fingerprint density at radius 1 is 1.15 bits per heavy atom. The molecule has 2 N–H and O–H groups in total. The molecule has 0 fully saturated rings. The summed E-state index contributed by atoms with van der Waals surface area (Å²) in [6.45, 7) is 4.51. The molecule has 2 rings (SSSR count). The summed E-state index contributed by atoms with van der Waals surface area (Å²) in [6.07, 6.45) is 0. The normalized spacial score (nSPS) is 10.4. The highest BCUT2D eigenvalue weighted by atomic mass is 35.5. The zero-order valence-electron chi connectivity index (χ0n) is 11.0. The molecule has 1 aromatic carbocycles. The summed E-state index contributed by atoms with van der Waals surface area (Å²) in [7, 11) is 0. The fourth-order valence-corrected chi connectivity index (χ4v) is 2.21. The molecule has 0 amide bonds. The maximum Gasteiger partial charge on any atom is 0.224 e. The van der Waals surface area contributed by atoms with Crippen LogP contribution in [0.4, 0.5) is 21.8 Å². The molecular formula is C13H13Cl2FN4. The van der Waals surface area contributed by atoms with Gasteiger partial charge in [-0.15, -0.1) is 0 Å². The quantitative estimate of drug-likeness (QED) is 0.877. The largest absolute Gasteiger partial charge is 0.354 e. The molecule has 0 unspecified atom stereocenters. The molecule has 20 heavy (non-hydrogen) atoms. The van der Waals surface area contributed by atoms with Gasteiger partial charge in [0, 0.05) is 18.3 Å². The summed E-state index contributed by atoms with van der Waals surface area (Å²) in [5.74, 6) is 0.547. The minimum atomic E-state index is -0.488. The molecule has 0 radical (unpaired) electrons. The third-order valence-electron chi connectivity index (χ3n) is 2.45. The third-order valence-corrected chi connectivity index (χ3v) is 3.05. The van der Waals surface area contributed by atoms with Gasteiger partial charge in [0.15, 0.2) is 0 Å². The second kappa shape index (κ2) is 6.24. The summed E-state index contributed by atoms with van der Waals surface area (Å²) in [5.41, 5.74) is 1.20. The number of nitrogens with one attached hydrogen (secondary N) is 2. The number of aromatic nitrogens is 2. The van der Waals surface area contributed by atoms with E-state index in [2.05, 4.69) is 20.6 Å². The Kier molecular flexibility index (Phi) is 4.62. The van der Waals surface area contributed by atoms with Crippen LogP contribution in [0.5, 0.6) is 0 Å². The van der Waals surface area contributed by atoms with Crippen LogP contribution in [0.25, 0.3) is 0 Å². The Balaban J connectivity index is 2.35. The van der Waals surface area contributed by atoms with Gasteiger partial charge < -0.3 is 10.6 Å². The second-order valence-electron chi connectivity index (χ2n) is 4.12. The SMILES string of the molecule is CCNc1nc(C)cc(Nc2c(Cl)cc(F)cc2Cl)n1. The number of hydrogen-bond donors (Lipinski definition) is 2. The van der Waals surface area contributed by atoms with E-state index < -0.39 is 5.82 Å². The van der Waals surface area contributed by atoms with Crippen LogP contribution in [0, 0.1) is 12.7 Å². The number of anilines is 3.